The molecule has 4 atom stereocenters. The number of fused-ring (bicyclic) bond motifs is 2. The normalized spacial score (nSPS) is 44.1. The molecule has 1 unspecified atom stereocenters. The van der Waals surface area contributed by atoms with Crippen molar-refractivity contribution in [3.05, 3.63) is 18.0 Å². The van der Waals surface area contributed by atoms with E-state index in [0.29, 0.717) is 17.3 Å². The van der Waals surface area contributed by atoms with E-state index < -0.39 is 0 Å². The summed E-state index contributed by atoms with van der Waals surface area (Å²) in [4.78, 5) is 2.61. The molecule has 2 aliphatic heterocycles. The molecule has 1 aliphatic carbocycles. The van der Waals surface area contributed by atoms with E-state index in [1.165, 1.54) is 44.9 Å². The number of hydrogen-bond acceptors (Lipinski definition) is 3. The highest BCUT2D eigenvalue weighted by atomic mass is 35.5. The molecular formula is C17H25ClN2O. The molecule has 3 aliphatic rings. The molecule has 2 bridgehead atoms. The predicted octanol–water partition coefficient (Wildman–Crippen LogP) is 4.04. The van der Waals surface area contributed by atoms with E-state index in [9.17, 15) is 0 Å². The fourth-order valence-corrected chi connectivity index (χ4v) is 5.55. The van der Waals surface area contributed by atoms with Gasteiger partial charge in [0.2, 0.25) is 0 Å². The number of halogens is 1. The van der Waals surface area contributed by atoms with Crippen molar-refractivity contribution in [1.82, 2.24) is 10.1 Å². The number of rotatable bonds is 2. The van der Waals surface area contributed by atoms with Crippen LogP contribution in [-0.4, -0.2) is 34.6 Å². The van der Waals surface area contributed by atoms with E-state index in [2.05, 4.69) is 23.2 Å². The molecule has 0 N–H and O–H groups in total. The maximum atomic E-state index is 6.31. The zero-order valence-corrected chi connectivity index (χ0v) is 13.5. The lowest BCUT2D eigenvalue weighted by Crippen LogP contribution is -2.47. The first kappa shape index (κ1) is 14.1. The Morgan fingerprint density at radius 1 is 1.19 bits per heavy atom. The molecule has 1 aromatic heterocycles. The van der Waals surface area contributed by atoms with Crippen LogP contribution in [0.4, 0.5) is 0 Å². The van der Waals surface area contributed by atoms with E-state index in [-0.39, 0.29) is 0 Å². The maximum Gasteiger partial charge on any atom is 0.141 e. The third-order valence-electron chi connectivity index (χ3n) is 6.41. The Morgan fingerprint density at radius 3 is 2.71 bits per heavy atom. The van der Waals surface area contributed by atoms with Crippen LogP contribution in [0.2, 0.25) is 0 Å². The second-order valence-electron chi connectivity index (χ2n) is 7.32. The van der Waals surface area contributed by atoms with Gasteiger partial charge in [-0.05, 0) is 63.8 Å². The van der Waals surface area contributed by atoms with Crippen molar-refractivity contribution in [3.63, 3.8) is 0 Å². The minimum Gasteiger partial charge on any atom is -0.361 e. The van der Waals surface area contributed by atoms with Crippen molar-refractivity contribution in [3.8, 4) is 0 Å². The molecule has 3 fully saturated rings. The average Bonchev–Trinajstić information content (AvgIpc) is 3.08. The fourth-order valence-electron chi connectivity index (χ4n) is 5.29. The van der Waals surface area contributed by atoms with Crippen LogP contribution in [0.15, 0.2) is 16.8 Å². The molecule has 0 spiro atoms. The highest BCUT2D eigenvalue weighted by Crippen LogP contribution is 2.51. The Labute approximate surface area is 132 Å². The average molecular weight is 309 g/mol. The monoisotopic (exact) mass is 308 g/mol. The summed E-state index contributed by atoms with van der Waals surface area (Å²) in [6.45, 7) is 0. The third-order valence-corrected chi connectivity index (χ3v) is 6.84. The summed E-state index contributed by atoms with van der Waals surface area (Å²) in [5, 5.41) is 4.39. The Bertz CT molecular complexity index is 469. The van der Waals surface area contributed by atoms with Crippen LogP contribution in [-0.2, 0) is 0 Å². The summed E-state index contributed by atoms with van der Waals surface area (Å²) >= 11 is 6.31. The molecule has 0 aromatic carbocycles. The van der Waals surface area contributed by atoms with Crippen molar-refractivity contribution >= 4 is 11.6 Å². The lowest BCUT2D eigenvalue weighted by Gasteiger charge is -2.46. The highest BCUT2D eigenvalue weighted by molar-refractivity contribution is 6.20. The van der Waals surface area contributed by atoms with Gasteiger partial charge in [-0.3, -0.25) is 4.90 Å². The Balaban J connectivity index is 1.61. The van der Waals surface area contributed by atoms with Gasteiger partial charge >= 0.3 is 0 Å². The second kappa shape index (κ2) is 5.58. The van der Waals surface area contributed by atoms with Gasteiger partial charge in [0.25, 0.3) is 0 Å². The number of hydrogen-bond donors (Lipinski definition) is 0. The van der Waals surface area contributed by atoms with Crippen LogP contribution < -0.4 is 0 Å². The zero-order valence-electron chi connectivity index (χ0n) is 12.7. The van der Waals surface area contributed by atoms with E-state index >= 15 is 0 Å². The summed E-state index contributed by atoms with van der Waals surface area (Å²) < 4.78 is 5.61. The molecule has 4 rings (SSSR count). The van der Waals surface area contributed by atoms with E-state index in [1.807, 2.05) is 6.20 Å². The van der Waals surface area contributed by atoms with Crippen LogP contribution in [0.5, 0.6) is 0 Å². The highest BCUT2D eigenvalue weighted by Gasteiger charge is 2.49. The number of piperidine rings is 1. The standard InChI is InChI=1S/C17H25ClN2O/c1-20-13-6-7-15(20)17(16-8-9-19-21-16)14(10-13)11-2-4-12(18)5-3-11/h8-9,11-15,17H,2-7,10H2,1H3/t11?,12?,13-,14-,15?,17+/m1/s1. The number of nitrogens with zero attached hydrogens (tertiary/aromatic N) is 2. The minimum atomic E-state index is 0.410. The molecule has 1 saturated carbocycles. The lowest BCUT2D eigenvalue weighted by molar-refractivity contribution is 0.0519. The van der Waals surface area contributed by atoms with Gasteiger partial charge in [0, 0.05) is 29.4 Å². The van der Waals surface area contributed by atoms with E-state index in [1.54, 1.807) is 0 Å². The van der Waals surface area contributed by atoms with E-state index in [0.717, 1.165) is 23.6 Å². The molecule has 0 radical (unpaired) electrons. The first-order valence-electron chi connectivity index (χ1n) is 8.50. The van der Waals surface area contributed by atoms with Gasteiger partial charge in [-0.2, -0.15) is 0 Å². The largest absolute Gasteiger partial charge is 0.361 e. The van der Waals surface area contributed by atoms with Crippen LogP contribution >= 0.6 is 11.6 Å². The van der Waals surface area contributed by atoms with E-state index in [4.69, 9.17) is 16.1 Å². The van der Waals surface area contributed by atoms with Gasteiger partial charge in [-0.1, -0.05) is 5.16 Å². The SMILES string of the molecule is CN1C2CC[C@@H]1C[C@H](C1CCC(Cl)CC1)[C@@H]2c1ccno1. The number of aromatic nitrogens is 1. The first-order valence-corrected chi connectivity index (χ1v) is 8.94. The lowest BCUT2D eigenvalue weighted by atomic mass is 9.67. The number of likely N-dealkylation sites (N-methyl/N-ethyl adjacent to an activating group) is 1. The smallest absolute Gasteiger partial charge is 0.141 e. The van der Waals surface area contributed by atoms with Gasteiger partial charge in [-0.25, -0.2) is 0 Å². The molecule has 21 heavy (non-hydrogen) atoms. The molecular weight excluding hydrogens is 284 g/mol. The Morgan fingerprint density at radius 2 is 2.00 bits per heavy atom. The van der Waals surface area contributed by atoms with Crippen LogP contribution in [0.3, 0.4) is 0 Å². The predicted molar refractivity (Wildman–Crippen MR) is 83.5 cm³/mol. The topological polar surface area (TPSA) is 29.3 Å². The summed E-state index contributed by atoms with van der Waals surface area (Å²) in [5.74, 6) is 3.24. The third kappa shape index (κ3) is 2.43. The Kier molecular flexibility index (Phi) is 3.74. The van der Waals surface area contributed by atoms with Crippen molar-refractivity contribution < 1.29 is 4.52 Å². The van der Waals surface area contributed by atoms with Gasteiger partial charge in [-0.15, -0.1) is 11.6 Å². The van der Waals surface area contributed by atoms with Crippen LogP contribution in [0.25, 0.3) is 0 Å². The summed E-state index contributed by atoms with van der Waals surface area (Å²) in [6.07, 6.45) is 10.8. The summed E-state index contributed by atoms with van der Waals surface area (Å²) in [7, 11) is 2.30. The van der Waals surface area contributed by atoms with Gasteiger partial charge in [0.05, 0.1) is 6.20 Å². The zero-order chi connectivity index (χ0) is 14.4. The van der Waals surface area contributed by atoms with Crippen molar-refractivity contribution in [2.75, 3.05) is 7.05 Å². The van der Waals surface area contributed by atoms with Gasteiger partial charge in [0.1, 0.15) is 5.76 Å². The maximum absolute atomic E-state index is 6.31. The van der Waals surface area contributed by atoms with Gasteiger partial charge < -0.3 is 4.52 Å². The molecule has 1 aromatic rings. The Hall–Kier alpha value is -0.540. The first-order chi connectivity index (χ1) is 10.2. The molecule has 4 heteroatoms. The molecule has 116 valence electrons. The summed E-state index contributed by atoms with van der Waals surface area (Å²) in [6, 6.07) is 3.53. The van der Waals surface area contributed by atoms with Crippen molar-refractivity contribution in [2.45, 2.75) is 68.3 Å². The quantitative estimate of drug-likeness (QED) is 0.772. The summed E-state index contributed by atoms with van der Waals surface area (Å²) in [5.41, 5.74) is 0. The van der Waals surface area contributed by atoms with Crippen LogP contribution in [0.1, 0.15) is 56.6 Å². The molecule has 2 saturated heterocycles. The minimum absolute atomic E-state index is 0.410. The van der Waals surface area contributed by atoms with Crippen LogP contribution in [0, 0.1) is 11.8 Å². The van der Waals surface area contributed by atoms with Crippen molar-refractivity contribution in [2.24, 2.45) is 11.8 Å². The molecule has 3 nitrogen and oxygen atoms in total. The van der Waals surface area contributed by atoms with Crippen molar-refractivity contribution in [1.29, 1.82) is 0 Å². The molecule has 0 amide bonds. The number of alkyl halides is 1. The fraction of sp³-hybridized carbons (Fsp3) is 0.824. The molecule has 3 heterocycles. The second-order valence-corrected chi connectivity index (χ2v) is 7.93. The van der Waals surface area contributed by atoms with Gasteiger partial charge in [0.15, 0.2) is 0 Å².